The highest BCUT2D eigenvalue weighted by molar-refractivity contribution is 7.48. The van der Waals surface area contributed by atoms with E-state index in [-0.39, 0.29) is 104 Å². The molecule has 3 fully saturated rings. The minimum absolute atomic E-state index is 0.00661. The molecule has 3 saturated heterocycles. The van der Waals surface area contributed by atoms with Gasteiger partial charge in [0.25, 0.3) is 22.2 Å². The Labute approximate surface area is 770 Å². The van der Waals surface area contributed by atoms with E-state index in [9.17, 15) is 106 Å². The molecule has 720 valence electrons. The van der Waals surface area contributed by atoms with Crippen LogP contribution >= 0.6 is 23.5 Å². The minimum atomic E-state index is -5.36. The van der Waals surface area contributed by atoms with Gasteiger partial charge in [-0.05, 0) is 79.9 Å². The van der Waals surface area contributed by atoms with Crippen LogP contribution < -0.4 is 50.8 Å². The Morgan fingerprint density at radius 1 is 0.486 bits per heavy atom. The summed E-state index contributed by atoms with van der Waals surface area (Å²) in [5, 5.41) is 44.4. The molecule has 138 heavy (non-hydrogen) atoms. The standard InChI is InChI=1S/C29H26F2N5O10P.C29H27N4O12P.C28H27N6O10P/c1-2-28(46-47(41,42)44-13-20-23(37)29(30,31)25(45-20)35-8-7-21(32)34-27(35)40)17-10-19-22-15(9-14-5-3-4-6-18(14)33-22)11-36(19)24(38)16(17)12-43-26(28)39;1-2-29(45-46(40,41)43-13-20-23(35)24(36)26(44-20)32-8-7-21(34)31-28(32)39)17-10-19-22-15(9-14-5-3-4-6-18(14)30-22)11-33(19)25(37)16(17)12-42-27(29)38;1-2-28(44-45(39,40)42-12-21-20(35)9-22(43-21)34-13-30-26(29)32-27(34)38)17-8-19-23-15(7-14-5-3-4-6-18(14)31-23)10-33(19)24(36)16(17)11-41-25(28)37/h3-10,20,23,25,37H,2,11-13H2,1H3,(H,41,42)(H2,32,34,40);3-10,20,23-24,26,35-36H,2,11-13H2,1H3,(H,40,41)(H,31,34,39);3-8,13,20-22,35H,2,9-12H2,1H3,(H,39,40)(H2,29,32,38)/t20-,23-,25-,28+;20-,23-,24-,26-,29+;20-,21+,22+,28-/m110/s1. The molecule has 9 aliphatic rings. The van der Waals surface area contributed by atoms with E-state index >= 15 is 0 Å². The molecule has 9 aliphatic heterocycles. The van der Waals surface area contributed by atoms with Gasteiger partial charge in [0.2, 0.25) is 29.0 Å². The first-order valence-corrected chi connectivity index (χ1v) is 47.1. The van der Waals surface area contributed by atoms with Gasteiger partial charge in [-0.1, -0.05) is 75.4 Å². The zero-order valence-corrected chi connectivity index (χ0v) is 74.9. The molecule has 0 amide bonds. The third-order valence-corrected chi connectivity index (χ3v) is 28.4. The third-order valence-electron chi connectivity index (χ3n) is 25.4. The van der Waals surface area contributed by atoms with E-state index < -0.39 is 191 Å². The summed E-state index contributed by atoms with van der Waals surface area (Å²) in [5.74, 6) is -7.60. The zero-order valence-electron chi connectivity index (χ0n) is 72.2. The fraction of sp³-hybridized carbons (Fsp3) is 0.349. The number of nitrogens with one attached hydrogen (secondary N) is 1. The number of pyridine rings is 6. The highest BCUT2D eigenvalue weighted by atomic mass is 31.2. The lowest BCUT2D eigenvalue weighted by Gasteiger charge is -2.36. The molecule has 0 saturated carbocycles. The number of anilines is 2. The second-order valence-corrected chi connectivity index (χ2v) is 37.6. The number of carbonyl (C=O) groups is 3. The molecule has 3 aromatic carbocycles. The van der Waals surface area contributed by atoms with Crippen LogP contribution in [0.2, 0.25) is 0 Å². The van der Waals surface area contributed by atoms with Crippen molar-refractivity contribution in [2.45, 2.75) is 170 Å². The summed E-state index contributed by atoms with van der Waals surface area (Å²) >= 11 is 0. The van der Waals surface area contributed by atoms with E-state index in [1.54, 1.807) is 25.1 Å². The van der Waals surface area contributed by atoms with Crippen molar-refractivity contribution in [1.82, 2.24) is 62.3 Å². The number of para-hydroxylation sites is 3. The summed E-state index contributed by atoms with van der Waals surface area (Å²) in [6.45, 7) is 1.42. The van der Waals surface area contributed by atoms with Crippen molar-refractivity contribution in [3.63, 3.8) is 0 Å². The second kappa shape index (κ2) is 35.2. The largest absolute Gasteiger partial charge is 0.473 e. The van der Waals surface area contributed by atoms with Gasteiger partial charge < -0.3 is 88.7 Å². The zero-order chi connectivity index (χ0) is 97.7. The maximum absolute atomic E-state index is 15.0. The van der Waals surface area contributed by atoms with Crippen LogP contribution in [-0.2, 0) is 140 Å². The lowest BCUT2D eigenvalue weighted by Crippen LogP contribution is -2.46. The highest BCUT2D eigenvalue weighted by Gasteiger charge is 2.62. The number of hydrogen-bond acceptors (Lipinski definition) is 37. The number of cyclic esters (lactones) is 3. The third kappa shape index (κ3) is 16.3. The number of phosphoric acid groups is 3. The predicted octanol–water partition coefficient (Wildman–Crippen LogP) is 3.45. The van der Waals surface area contributed by atoms with Crippen LogP contribution in [0.3, 0.4) is 0 Å². The fourth-order valence-electron chi connectivity index (χ4n) is 18.4. The lowest BCUT2D eigenvalue weighted by molar-refractivity contribution is -0.171. The molecular formula is C86H80F2N15O32P3. The molecule has 3 unspecified atom stereocenters. The Hall–Kier alpha value is -13.0. The van der Waals surface area contributed by atoms with Crippen LogP contribution in [-0.4, -0.2) is 184 Å². The molecule has 0 aliphatic carbocycles. The molecule has 52 heteroatoms. The highest BCUT2D eigenvalue weighted by Crippen LogP contribution is 2.59. The fourth-order valence-corrected chi connectivity index (χ4v) is 21.6. The van der Waals surface area contributed by atoms with Gasteiger partial charge >= 0.3 is 64.4 Å². The predicted molar refractivity (Wildman–Crippen MR) is 468 cm³/mol. The normalized spacial score (nSPS) is 25.6. The van der Waals surface area contributed by atoms with Crippen molar-refractivity contribution < 1.29 is 128 Å². The van der Waals surface area contributed by atoms with E-state index in [0.717, 1.165) is 72.8 Å². The number of aromatic amines is 1. The van der Waals surface area contributed by atoms with Crippen LogP contribution in [0.4, 0.5) is 20.5 Å². The number of esters is 3. The number of nitrogens with two attached hydrogens (primary N) is 2. The summed E-state index contributed by atoms with van der Waals surface area (Å²) in [4.78, 5) is 188. The first-order valence-electron chi connectivity index (χ1n) is 42.7. The number of nitrogens with zero attached hydrogens (tertiary/aromatic N) is 12. The second-order valence-electron chi connectivity index (χ2n) is 33.4. The van der Waals surface area contributed by atoms with Gasteiger partial charge in [0, 0.05) is 74.4 Å². The van der Waals surface area contributed by atoms with Crippen LogP contribution in [0, 0.1) is 0 Å². The van der Waals surface area contributed by atoms with Crippen molar-refractivity contribution in [1.29, 1.82) is 0 Å². The summed E-state index contributed by atoms with van der Waals surface area (Å²) in [5.41, 5.74) is 6.50. The number of aliphatic hydroxyl groups excluding tert-OH is 4. The summed E-state index contributed by atoms with van der Waals surface area (Å²) in [6, 6.07) is 34.8. The van der Waals surface area contributed by atoms with Crippen LogP contribution in [0.5, 0.6) is 0 Å². The number of hydrogen-bond donors (Lipinski definition) is 10. The van der Waals surface area contributed by atoms with Gasteiger partial charge in [0.15, 0.2) is 12.3 Å². The Balaban J connectivity index is 0.000000132. The Kier molecular flexibility index (Phi) is 24.0. The van der Waals surface area contributed by atoms with Gasteiger partial charge in [-0.3, -0.25) is 65.0 Å². The van der Waals surface area contributed by atoms with Gasteiger partial charge in [-0.2, -0.15) is 18.7 Å². The number of H-pyrrole nitrogens is 1. The molecular weight excluding hydrogens is 1890 g/mol. The first kappa shape index (κ1) is 94.0. The molecule has 0 radical (unpaired) electrons. The first-order chi connectivity index (χ1) is 65.7. The Bertz CT molecular complexity index is 7750. The van der Waals surface area contributed by atoms with Crippen molar-refractivity contribution in [2.24, 2.45) is 0 Å². The summed E-state index contributed by atoms with van der Waals surface area (Å²) in [7, 11) is -15.6. The van der Waals surface area contributed by atoms with Gasteiger partial charge in [0.05, 0.1) is 113 Å². The van der Waals surface area contributed by atoms with Crippen molar-refractivity contribution >= 4 is 85.9 Å². The van der Waals surface area contributed by atoms with Gasteiger partial charge in [-0.25, -0.2) is 62.4 Å². The number of aliphatic hydroxyl groups is 4. The smallest absolute Gasteiger partial charge is 0.458 e. The monoisotopic (exact) mass is 1970 g/mol. The van der Waals surface area contributed by atoms with Crippen LogP contribution in [0.15, 0.2) is 174 Å². The number of carbonyl (C=O) groups excluding carboxylic acids is 3. The van der Waals surface area contributed by atoms with E-state index in [0.29, 0.717) is 55.3 Å². The molecule has 16 atom stereocenters. The SMILES string of the molecule is CC[C@@]1(OP(=O)(O)OC[C@H]2O[C@@H](n3ccc(=O)[nH]c3=O)[C@H](O)[C@@H]2O)C(=O)OCc2c1cc1n(c2=O)Cc2cc3ccccc3nc2-1.CC[C@@]1(OP(=O)(O)OC[C@H]2O[C@@H](n3ccc(N)nc3=O)C(F)(F)[C@@H]2O)C(=O)OCc2c1cc1n(c2=O)Cc2cc3ccccc3nc2-1.CC[C@@]1(OP(=O)(O)OC[C@H]2O[C@@H](n3cnc(N)nc3=O)C[C@@H]2O)C(=O)OCc2c1cc1n(c2=O)Cc2cc3ccccc3nc2-1. The molecule has 9 aromatic heterocycles. The maximum Gasteiger partial charge on any atom is 0.473 e. The van der Waals surface area contributed by atoms with E-state index in [1.165, 1.54) is 33.6 Å². The van der Waals surface area contributed by atoms with Crippen LogP contribution in [0.1, 0.15) is 115 Å². The number of nitrogen functional groups attached to an aromatic ring is 2. The molecule has 0 bridgehead atoms. The number of aromatic nitrogens is 13. The van der Waals surface area contributed by atoms with Crippen molar-refractivity contribution in [3.8, 4) is 34.2 Å². The number of alkyl halides is 2. The molecule has 18 heterocycles. The minimum Gasteiger partial charge on any atom is -0.458 e. The van der Waals surface area contributed by atoms with Gasteiger partial charge in [-0.15, -0.1) is 0 Å². The molecule has 47 nitrogen and oxygen atoms in total. The number of fused-ring (bicyclic) bond motifs is 15. The number of halogens is 2. The quantitative estimate of drug-likeness (QED) is 0.0280. The van der Waals surface area contributed by atoms with Crippen LogP contribution in [0.25, 0.3) is 66.9 Å². The number of phosphoric ester groups is 3. The molecule has 12 aromatic rings. The van der Waals surface area contributed by atoms with E-state index in [1.807, 2.05) is 89.9 Å². The van der Waals surface area contributed by atoms with Crippen molar-refractivity contribution in [3.05, 3.63) is 263 Å². The molecule has 0 spiro atoms. The average Bonchev–Trinajstić information content (AvgIpc) is 1.43. The number of benzene rings is 3. The number of rotatable bonds is 21. The number of ether oxygens (including phenoxy) is 6. The topological polar surface area (TPSA) is 649 Å². The van der Waals surface area contributed by atoms with E-state index in [4.69, 9.17) is 82.0 Å². The van der Waals surface area contributed by atoms with Gasteiger partial charge in [0.1, 0.15) is 68.7 Å². The maximum atomic E-state index is 15.0. The molecule has 12 N–H and O–H groups in total. The van der Waals surface area contributed by atoms with Crippen molar-refractivity contribution in [2.75, 3.05) is 31.3 Å². The summed E-state index contributed by atoms with van der Waals surface area (Å²) < 4.78 is 141. The lowest BCUT2D eigenvalue weighted by atomic mass is 9.86. The van der Waals surface area contributed by atoms with E-state index in [2.05, 4.69) is 15.0 Å². The Morgan fingerprint density at radius 3 is 1.30 bits per heavy atom. The summed E-state index contributed by atoms with van der Waals surface area (Å²) in [6.07, 6.45) is -14.2. The molecule has 21 rings (SSSR count). The Morgan fingerprint density at radius 2 is 0.891 bits per heavy atom. The average molecular weight is 1970 g/mol.